The topological polar surface area (TPSA) is 95.6 Å². The minimum Gasteiger partial charge on any atom is -0.354 e. The quantitative estimate of drug-likeness (QED) is 0.720. The molecule has 2 amide bonds. The van der Waals surface area contributed by atoms with Gasteiger partial charge in [0.05, 0.1) is 5.75 Å². The smallest absolute Gasteiger partial charge is 0.242 e. The van der Waals surface area contributed by atoms with Crippen molar-refractivity contribution in [3.05, 3.63) is 0 Å². The Labute approximate surface area is 125 Å². The van der Waals surface area contributed by atoms with Gasteiger partial charge in [0.15, 0.2) is 0 Å². The number of piperidine rings is 1. The summed E-state index contributed by atoms with van der Waals surface area (Å²) in [6, 6.07) is -1.21. The van der Waals surface area contributed by atoms with Crippen LogP contribution in [-0.2, 0) is 19.6 Å². The van der Waals surface area contributed by atoms with Gasteiger partial charge in [-0.3, -0.25) is 9.59 Å². The van der Waals surface area contributed by atoms with Crippen molar-refractivity contribution in [2.45, 2.75) is 51.1 Å². The molecule has 2 aliphatic rings. The van der Waals surface area contributed by atoms with Crippen molar-refractivity contribution in [1.29, 1.82) is 0 Å². The van der Waals surface area contributed by atoms with E-state index in [0.29, 0.717) is 38.8 Å². The summed E-state index contributed by atoms with van der Waals surface area (Å²) in [6.07, 6.45) is 3.14. The number of hydrogen-bond acceptors (Lipinski definition) is 4. The molecule has 21 heavy (non-hydrogen) atoms. The third kappa shape index (κ3) is 3.74. The SMILES string of the molecule is CCCS(=O)(=O)N1CCCC1C(=O)NC1CCCNC1=O. The molecule has 0 aromatic carbocycles. The van der Waals surface area contributed by atoms with E-state index in [1.165, 1.54) is 4.31 Å². The lowest BCUT2D eigenvalue weighted by Gasteiger charge is -2.27. The van der Waals surface area contributed by atoms with Crippen LogP contribution in [0.1, 0.15) is 39.0 Å². The molecule has 0 aliphatic carbocycles. The van der Waals surface area contributed by atoms with Gasteiger partial charge in [0.1, 0.15) is 12.1 Å². The number of hydrogen-bond donors (Lipinski definition) is 2. The largest absolute Gasteiger partial charge is 0.354 e. The molecule has 0 spiro atoms. The summed E-state index contributed by atoms with van der Waals surface area (Å²) in [6.45, 7) is 2.82. The minimum atomic E-state index is -3.39. The van der Waals surface area contributed by atoms with E-state index in [-0.39, 0.29) is 17.6 Å². The molecular formula is C13H23N3O4S. The van der Waals surface area contributed by atoms with E-state index in [9.17, 15) is 18.0 Å². The number of nitrogens with zero attached hydrogens (tertiary/aromatic N) is 1. The number of nitrogens with one attached hydrogen (secondary N) is 2. The van der Waals surface area contributed by atoms with Crippen LogP contribution in [0.2, 0.25) is 0 Å². The minimum absolute atomic E-state index is 0.0562. The van der Waals surface area contributed by atoms with Crippen molar-refractivity contribution in [2.75, 3.05) is 18.8 Å². The third-order valence-corrected chi connectivity index (χ3v) is 6.00. The van der Waals surface area contributed by atoms with Crippen molar-refractivity contribution in [3.63, 3.8) is 0 Å². The lowest BCUT2D eigenvalue weighted by atomic mass is 10.1. The van der Waals surface area contributed by atoms with Crippen LogP contribution in [0.3, 0.4) is 0 Å². The van der Waals surface area contributed by atoms with Crippen LogP contribution < -0.4 is 10.6 Å². The number of carbonyl (C=O) groups is 2. The molecule has 2 saturated heterocycles. The highest BCUT2D eigenvalue weighted by molar-refractivity contribution is 7.89. The molecule has 0 aromatic heterocycles. The van der Waals surface area contributed by atoms with E-state index in [4.69, 9.17) is 0 Å². The maximum Gasteiger partial charge on any atom is 0.242 e. The fraction of sp³-hybridized carbons (Fsp3) is 0.846. The molecule has 7 nitrogen and oxygen atoms in total. The van der Waals surface area contributed by atoms with Gasteiger partial charge in [0.25, 0.3) is 0 Å². The van der Waals surface area contributed by atoms with E-state index in [2.05, 4.69) is 10.6 Å². The van der Waals surface area contributed by atoms with Crippen molar-refractivity contribution in [2.24, 2.45) is 0 Å². The normalized spacial score (nSPS) is 27.4. The van der Waals surface area contributed by atoms with Crippen LogP contribution >= 0.6 is 0 Å². The Morgan fingerprint density at radius 1 is 1.38 bits per heavy atom. The summed E-state index contributed by atoms with van der Waals surface area (Å²) in [4.78, 5) is 24.0. The van der Waals surface area contributed by atoms with Crippen LogP contribution in [0.15, 0.2) is 0 Å². The molecule has 2 heterocycles. The van der Waals surface area contributed by atoms with Crippen molar-refractivity contribution in [3.8, 4) is 0 Å². The van der Waals surface area contributed by atoms with Crippen LogP contribution in [0, 0.1) is 0 Å². The van der Waals surface area contributed by atoms with Gasteiger partial charge in [-0.05, 0) is 32.1 Å². The second-order valence-electron chi connectivity index (χ2n) is 5.58. The van der Waals surface area contributed by atoms with Crippen LogP contribution in [0.25, 0.3) is 0 Å². The van der Waals surface area contributed by atoms with Crippen LogP contribution in [-0.4, -0.2) is 55.5 Å². The zero-order chi connectivity index (χ0) is 15.5. The number of carbonyl (C=O) groups excluding carboxylic acids is 2. The van der Waals surface area contributed by atoms with Gasteiger partial charge in [-0.25, -0.2) is 8.42 Å². The molecule has 2 rings (SSSR count). The Morgan fingerprint density at radius 3 is 2.81 bits per heavy atom. The van der Waals surface area contributed by atoms with Gasteiger partial charge in [-0.15, -0.1) is 0 Å². The first-order valence-electron chi connectivity index (χ1n) is 7.53. The maximum atomic E-state index is 12.3. The van der Waals surface area contributed by atoms with Gasteiger partial charge >= 0.3 is 0 Å². The van der Waals surface area contributed by atoms with Gasteiger partial charge in [0.2, 0.25) is 21.8 Å². The highest BCUT2D eigenvalue weighted by Crippen LogP contribution is 2.22. The lowest BCUT2D eigenvalue weighted by Crippen LogP contribution is -2.55. The maximum absolute atomic E-state index is 12.3. The number of rotatable bonds is 5. The molecule has 2 N–H and O–H groups in total. The molecule has 0 bridgehead atoms. The highest BCUT2D eigenvalue weighted by atomic mass is 32.2. The Balaban J connectivity index is 2.02. The predicted molar refractivity (Wildman–Crippen MR) is 78.0 cm³/mol. The zero-order valence-corrected chi connectivity index (χ0v) is 13.1. The van der Waals surface area contributed by atoms with Crippen LogP contribution in [0.4, 0.5) is 0 Å². The second kappa shape index (κ2) is 6.74. The Kier molecular flexibility index (Phi) is 5.21. The molecule has 0 aromatic rings. The molecule has 0 radical (unpaired) electrons. The summed E-state index contributed by atoms with van der Waals surface area (Å²) in [5.41, 5.74) is 0. The first-order valence-corrected chi connectivity index (χ1v) is 9.14. The molecule has 0 saturated carbocycles. The van der Waals surface area contributed by atoms with Crippen molar-refractivity contribution in [1.82, 2.24) is 14.9 Å². The Morgan fingerprint density at radius 2 is 2.14 bits per heavy atom. The first kappa shape index (κ1) is 16.2. The molecule has 8 heteroatoms. The fourth-order valence-electron chi connectivity index (χ4n) is 2.89. The molecule has 2 aliphatic heterocycles. The van der Waals surface area contributed by atoms with Crippen molar-refractivity contribution < 1.29 is 18.0 Å². The monoisotopic (exact) mass is 317 g/mol. The molecule has 120 valence electrons. The van der Waals surface area contributed by atoms with Gasteiger partial charge < -0.3 is 10.6 Å². The third-order valence-electron chi connectivity index (χ3n) is 3.93. The van der Waals surface area contributed by atoms with E-state index >= 15 is 0 Å². The summed E-state index contributed by atoms with van der Waals surface area (Å²) < 4.78 is 25.6. The van der Waals surface area contributed by atoms with Gasteiger partial charge in [-0.1, -0.05) is 6.92 Å². The zero-order valence-electron chi connectivity index (χ0n) is 12.3. The van der Waals surface area contributed by atoms with Crippen molar-refractivity contribution >= 4 is 21.8 Å². The molecular weight excluding hydrogens is 294 g/mol. The molecule has 2 fully saturated rings. The summed E-state index contributed by atoms with van der Waals surface area (Å²) >= 11 is 0. The Hall–Kier alpha value is -1.15. The molecule has 2 unspecified atom stereocenters. The summed E-state index contributed by atoms with van der Waals surface area (Å²) in [5.74, 6) is -0.481. The average Bonchev–Trinajstić information content (AvgIpc) is 2.91. The predicted octanol–water partition coefficient (Wildman–Crippen LogP) is -0.415. The van der Waals surface area contributed by atoms with Gasteiger partial charge in [0, 0.05) is 13.1 Å². The van der Waals surface area contributed by atoms with Gasteiger partial charge in [-0.2, -0.15) is 4.31 Å². The van der Waals surface area contributed by atoms with Crippen LogP contribution in [0.5, 0.6) is 0 Å². The number of amides is 2. The standard InChI is InChI=1S/C13H23N3O4S/c1-2-9-21(19,20)16-8-4-6-11(16)13(18)15-10-5-3-7-14-12(10)17/h10-11H,2-9H2,1H3,(H,14,17)(H,15,18). The highest BCUT2D eigenvalue weighted by Gasteiger charge is 2.39. The van der Waals surface area contributed by atoms with E-state index in [0.717, 1.165) is 6.42 Å². The summed E-state index contributed by atoms with van der Waals surface area (Å²) in [7, 11) is -3.39. The van der Waals surface area contributed by atoms with E-state index in [1.807, 2.05) is 0 Å². The molecule has 2 atom stereocenters. The number of sulfonamides is 1. The lowest BCUT2D eigenvalue weighted by molar-refractivity contribution is -0.131. The first-order chi connectivity index (χ1) is 9.95. The van der Waals surface area contributed by atoms with E-state index in [1.54, 1.807) is 6.92 Å². The van der Waals surface area contributed by atoms with E-state index < -0.39 is 22.1 Å². The fourth-order valence-corrected chi connectivity index (χ4v) is 4.63. The Bertz CT molecular complexity index is 506. The average molecular weight is 317 g/mol. The second-order valence-corrected chi connectivity index (χ2v) is 7.62. The summed E-state index contributed by atoms with van der Waals surface area (Å²) in [5, 5.41) is 5.40.